The summed E-state index contributed by atoms with van der Waals surface area (Å²) < 4.78 is 5.49. The molecule has 1 rings (SSSR count). The molecule has 3 N–H and O–H groups in total. The van der Waals surface area contributed by atoms with Crippen LogP contribution in [0.3, 0.4) is 0 Å². The van der Waals surface area contributed by atoms with Crippen molar-refractivity contribution in [1.29, 1.82) is 0 Å². The van der Waals surface area contributed by atoms with Crippen LogP contribution < -0.4 is 15.8 Å². The Kier molecular flexibility index (Phi) is 5.78. The monoisotopic (exact) mass is 270 g/mol. The predicted molar refractivity (Wildman–Crippen MR) is 73.9 cm³/mol. The van der Waals surface area contributed by atoms with Crippen LogP contribution in [0.4, 0.5) is 5.69 Å². The number of halogens is 1. The third-order valence-corrected chi connectivity index (χ3v) is 2.77. The van der Waals surface area contributed by atoms with Gasteiger partial charge in [-0.05, 0) is 25.5 Å². The van der Waals surface area contributed by atoms with Crippen LogP contribution in [0.1, 0.15) is 26.7 Å². The number of nitrogen functional groups attached to an aromatic ring is 1. The van der Waals surface area contributed by atoms with Crippen LogP contribution >= 0.6 is 11.6 Å². The molecule has 0 aliphatic carbocycles. The lowest BCUT2D eigenvalue weighted by molar-refractivity contribution is -0.127. The number of hydrogen-bond acceptors (Lipinski definition) is 3. The molecule has 0 spiro atoms. The van der Waals surface area contributed by atoms with Gasteiger partial charge in [-0.15, -0.1) is 0 Å². The van der Waals surface area contributed by atoms with Gasteiger partial charge in [-0.25, -0.2) is 0 Å². The Morgan fingerprint density at radius 3 is 2.94 bits per heavy atom. The summed E-state index contributed by atoms with van der Waals surface area (Å²) in [5, 5.41) is 3.24. The van der Waals surface area contributed by atoms with Gasteiger partial charge in [0.05, 0.1) is 5.02 Å². The summed E-state index contributed by atoms with van der Waals surface area (Å²) in [6.07, 6.45) is 1.40. The van der Waals surface area contributed by atoms with Gasteiger partial charge >= 0.3 is 0 Å². The molecule has 1 aromatic rings. The minimum atomic E-state index is -0.596. The molecule has 1 unspecified atom stereocenters. The van der Waals surface area contributed by atoms with Gasteiger partial charge in [0.2, 0.25) is 0 Å². The van der Waals surface area contributed by atoms with Gasteiger partial charge in [-0.3, -0.25) is 4.79 Å². The zero-order valence-electron chi connectivity index (χ0n) is 10.7. The minimum absolute atomic E-state index is 0.151. The van der Waals surface area contributed by atoms with Gasteiger partial charge < -0.3 is 15.8 Å². The lowest BCUT2D eigenvalue weighted by atomic mass is 10.3. The van der Waals surface area contributed by atoms with Crippen LogP contribution in [0.2, 0.25) is 5.02 Å². The summed E-state index contributed by atoms with van der Waals surface area (Å²) in [4.78, 5) is 11.7. The molecule has 5 heteroatoms. The molecule has 1 aromatic carbocycles. The van der Waals surface area contributed by atoms with Crippen molar-refractivity contribution in [3.8, 4) is 5.75 Å². The number of rotatable bonds is 6. The maximum atomic E-state index is 11.7. The van der Waals surface area contributed by atoms with E-state index in [1.807, 2.05) is 0 Å². The summed E-state index contributed by atoms with van der Waals surface area (Å²) in [5.74, 6) is 0.275. The quantitative estimate of drug-likeness (QED) is 0.617. The molecule has 18 heavy (non-hydrogen) atoms. The van der Waals surface area contributed by atoms with Gasteiger partial charge in [-0.1, -0.05) is 24.9 Å². The number of nitrogens with one attached hydrogen (secondary N) is 1. The lowest BCUT2D eigenvalue weighted by Gasteiger charge is -2.15. The first-order chi connectivity index (χ1) is 8.54. The first-order valence-electron chi connectivity index (χ1n) is 6.04. The first kappa shape index (κ1) is 14.6. The van der Waals surface area contributed by atoms with E-state index in [4.69, 9.17) is 22.1 Å². The highest BCUT2D eigenvalue weighted by molar-refractivity contribution is 6.32. The molecule has 0 bridgehead atoms. The largest absolute Gasteiger partial charge is 0.479 e. The van der Waals surface area contributed by atoms with Crippen LogP contribution in [0.5, 0.6) is 5.75 Å². The van der Waals surface area contributed by atoms with E-state index in [9.17, 15) is 4.79 Å². The molecule has 1 atom stereocenters. The van der Waals surface area contributed by atoms with Crippen LogP contribution in [0.25, 0.3) is 0 Å². The number of amides is 1. The van der Waals surface area contributed by atoms with Crippen molar-refractivity contribution in [2.24, 2.45) is 0 Å². The third-order valence-electron chi connectivity index (χ3n) is 2.46. The number of anilines is 1. The lowest BCUT2D eigenvalue weighted by Crippen LogP contribution is -2.36. The van der Waals surface area contributed by atoms with E-state index in [1.54, 1.807) is 25.1 Å². The van der Waals surface area contributed by atoms with Crippen LogP contribution in [-0.2, 0) is 4.79 Å². The second-order valence-electron chi connectivity index (χ2n) is 4.09. The van der Waals surface area contributed by atoms with Crippen LogP contribution in [0.15, 0.2) is 18.2 Å². The van der Waals surface area contributed by atoms with Crippen molar-refractivity contribution in [3.63, 3.8) is 0 Å². The molecule has 0 fully saturated rings. The molecule has 100 valence electrons. The fourth-order valence-corrected chi connectivity index (χ4v) is 1.55. The Labute approximate surface area is 112 Å². The molecule has 1 amide bonds. The minimum Gasteiger partial charge on any atom is -0.479 e. The molecule has 0 radical (unpaired) electrons. The number of hydrogen-bond donors (Lipinski definition) is 2. The topological polar surface area (TPSA) is 64.3 Å². The highest BCUT2D eigenvalue weighted by Crippen LogP contribution is 2.27. The molecular weight excluding hydrogens is 252 g/mol. The van der Waals surface area contributed by atoms with Crippen molar-refractivity contribution in [2.45, 2.75) is 32.8 Å². The number of unbranched alkanes of at least 4 members (excludes halogenated alkanes) is 1. The van der Waals surface area contributed by atoms with Crippen molar-refractivity contribution in [2.75, 3.05) is 12.3 Å². The molecule has 0 saturated heterocycles. The van der Waals surface area contributed by atoms with Gasteiger partial charge in [0.15, 0.2) is 6.10 Å². The Morgan fingerprint density at radius 1 is 1.56 bits per heavy atom. The molecule has 0 heterocycles. The first-order valence-corrected chi connectivity index (χ1v) is 6.41. The zero-order valence-corrected chi connectivity index (χ0v) is 11.5. The van der Waals surface area contributed by atoms with Gasteiger partial charge in [0.25, 0.3) is 5.91 Å². The van der Waals surface area contributed by atoms with Crippen molar-refractivity contribution in [3.05, 3.63) is 23.2 Å². The van der Waals surface area contributed by atoms with E-state index in [0.717, 1.165) is 12.8 Å². The summed E-state index contributed by atoms with van der Waals surface area (Å²) in [7, 11) is 0. The molecule has 0 aromatic heterocycles. The van der Waals surface area contributed by atoms with Crippen LogP contribution in [-0.4, -0.2) is 18.6 Å². The number of nitrogens with two attached hydrogens (primary N) is 1. The SMILES string of the molecule is CCCCNC(=O)C(C)Oc1cc(N)ccc1Cl. The molecule has 0 saturated carbocycles. The molecule has 0 aliphatic rings. The average Bonchev–Trinajstić information content (AvgIpc) is 2.34. The Balaban J connectivity index is 2.55. The molecule has 4 nitrogen and oxygen atoms in total. The van der Waals surface area contributed by atoms with E-state index in [1.165, 1.54) is 0 Å². The average molecular weight is 271 g/mol. The molecular formula is C13H19ClN2O2. The second-order valence-corrected chi connectivity index (χ2v) is 4.50. The Bertz CT molecular complexity index is 410. The fourth-order valence-electron chi connectivity index (χ4n) is 1.39. The third kappa shape index (κ3) is 4.45. The van der Waals surface area contributed by atoms with E-state index < -0.39 is 6.10 Å². The van der Waals surface area contributed by atoms with Gasteiger partial charge in [-0.2, -0.15) is 0 Å². The number of carbonyl (C=O) groups excluding carboxylic acids is 1. The predicted octanol–water partition coefficient (Wildman–Crippen LogP) is 2.61. The highest BCUT2D eigenvalue weighted by atomic mass is 35.5. The maximum absolute atomic E-state index is 11.7. The smallest absolute Gasteiger partial charge is 0.260 e. The van der Waals surface area contributed by atoms with E-state index >= 15 is 0 Å². The Hall–Kier alpha value is -1.42. The van der Waals surface area contributed by atoms with Crippen molar-refractivity contribution < 1.29 is 9.53 Å². The van der Waals surface area contributed by atoms with Crippen molar-refractivity contribution >= 4 is 23.2 Å². The molecule has 0 aliphatic heterocycles. The fraction of sp³-hybridized carbons (Fsp3) is 0.462. The highest BCUT2D eigenvalue weighted by Gasteiger charge is 2.15. The van der Waals surface area contributed by atoms with E-state index in [0.29, 0.717) is 23.0 Å². The summed E-state index contributed by atoms with van der Waals surface area (Å²) in [5.41, 5.74) is 6.19. The zero-order chi connectivity index (χ0) is 13.5. The standard InChI is InChI=1S/C13H19ClN2O2/c1-3-4-7-16-13(17)9(2)18-12-8-10(15)5-6-11(12)14/h5-6,8-9H,3-4,7,15H2,1-2H3,(H,16,17). The van der Waals surface area contributed by atoms with Crippen LogP contribution in [0, 0.1) is 0 Å². The normalized spacial score (nSPS) is 11.9. The van der Waals surface area contributed by atoms with Gasteiger partial charge in [0.1, 0.15) is 5.75 Å². The van der Waals surface area contributed by atoms with E-state index in [2.05, 4.69) is 12.2 Å². The maximum Gasteiger partial charge on any atom is 0.260 e. The van der Waals surface area contributed by atoms with Crippen molar-refractivity contribution in [1.82, 2.24) is 5.32 Å². The summed E-state index contributed by atoms with van der Waals surface area (Å²) in [6, 6.07) is 4.94. The summed E-state index contributed by atoms with van der Waals surface area (Å²) >= 11 is 5.96. The summed E-state index contributed by atoms with van der Waals surface area (Å²) in [6.45, 7) is 4.41. The number of ether oxygens (including phenoxy) is 1. The number of benzene rings is 1. The van der Waals surface area contributed by atoms with Gasteiger partial charge in [0, 0.05) is 18.3 Å². The second kappa shape index (κ2) is 7.11. The Morgan fingerprint density at radius 2 is 2.28 bits per heavy atom. The van der Waals surface area contributed by atoms with E-state index in [-0.39, 0.29) is 5.91 Å². The number of carbonyl (C=O) groups is 1.